The van der Waals surface area contributed by atoms with Crippen LogP contribution >= 0.6 is 0 Å². The quantitative estimate of drug-likeness (QED) is 0.160. The Balaban J connectivity index is 0.980. The maximum Gasteiger partial charge on any atom is 0.134 e. The van der Waals surface area contributed by atoms with Gasteiger partial charge in [-0.15, -0.1) is 0 Å². The molecule has 0 spiro atoms. The van der Waals surface area contributed by atoms with Gasteiger partial charge in [0.05, 0.1) is 5.41 Å². The molecule has 12 rings (SSSR count). The van der Waals surface area contributed by atoms with Gasteiger partial charge in [0.25, 0.3) is 0 Å². The third-order valence-electron chi connectivity index (χ3n) is 13.1. The molecule has 1 atom stereocenters. The highest BCUT2D eigenvalue weighted by Gasteiger charge is 2.45. The van der Waals surface area contributed by atoms with Gasteiger partial charge in [-0.2, -0.15) is 0 Å². The van der Waals surface area contributed by atoms with Crippen LogP contribution in [-0.2, 0) is 5.41 Å². The second-order valence-electron chi connectivity index (χ2n) is 16.3. The van der Waals surface area contributed by atoms with E-state index in [1.807, 2.05) is 6.07 Å². The number of hydrogen-bond donors (Lipinski definition) is 0. The molecule has 1 heterocycles. The average Bonchev–Trinajstić information content (AvgIpc) is 3.87. The second-order valence-corrected chi connectivity index (χ2v) is 16.3. The van der Waals surface area contributed by atoms with Crippen LogP contribution in [0.4, 0.5) is 17.1 Å². The van der Waals surface area contributed by atoms with Gasteiger partial charge >= 0.3 is 0 Å². The van der Waals surface area contributed by atoms with Gasteiger partial charge in [0.2, 0.25) is 0 Å². The van der Waals surface area contributed by atoms with Crippen molar-refractivity contribution in [1.29, 1.82) is 0 Å². The lowest BCUT2D eigenvalue weighted by atomic mass is 9.68. The molecule has 0 amide bonds. The van der Waals surface area contributed by atoms with E-state index in [1.165, 1.54) is 71.8 Å². The van der Waals surface area contributed by atoms with Crippen molar-refractivity contribution in [2.75, 3.05) is 4.90 Å². The van der Waals surface area contributed by atoms with Gasteiger partial charge in [0.15, 0.2) is 0 Å². The molecule has 1 unspecified atom stereocenters. The number of fused-ring (bicyclic) bond motifs is 7. The minimum atomic E-state index is -0.455. The van der Waals surface area contributed by atoms with Crippen LogP contribution in [-0.4, -0.2) is 0 Å². The van der Waals surface area contributed by atoms with Gasteiger partial charge in [-0.05, 0) is 110 Å². The summed E-state index contributed by atoms with van der Waals surface area (Å²) in [6, 6.07) is 80.0. The minimum Gasteiger partial charge on any atom is -0.460 e. The van der Waals surface area contributed by atoms with Crippen molar-refractivity contribution in [2.24, 2.45) is 0 Å². The predicted molar refractivity (Wildman–Crippen MR) is 253 cm³/mol. The first-order valence-electron chi connectivity index (χ1n) is 21.3. The molecule has 0 saturated heterocycles. The lowest BCUT2D eigenvalue weighted by Gasteiger charge is -2.34. The molecule has 2 heteroatoms. The molecule has 0 aliphatic heterocycles. The van der Waals surface area contributed by atoms with Crippen molar-refractivity contribution in [3.8, 4) is 22.3 Å². The lowest BCUT2D eigenvalue weighted by molar-refractivity contribution is 0.517. The van der Waals surface area contributed by atoms with E-state index in [0.717, 1.165) is 34.8 Å². The van der Waals surface area contributed by atoms with Crippen LogP contribution in [0.15, 0.2) is 229 Å². The molecule has 10 aromatic rings. The fourth-order valence-corrected chi connectivity index (χ4v) is 10.4. The maximum absolute atomic E-state index is 6.52. The largest absolute Gasteiger partial charge is 0.460 e. The average molecular weight is 780 g/mol. The molecule has 61 heavy (non-hydrogen) atoms. The lowest BCUT2D eigenvalue weighted by Crippen LogP contribution is -2.28. The Morgan fingerprint density at radius 2 is 0.984 bits per heavy atom. The van der Waals surface area contributed by atoms with E-state index < -0.39 is 5.41 Å². The van der Waals surface area contributed by atoms with E-state index >= 15 is 0 Å². The highest BCUT2D eigenvalue weighted by Crippen LogP contribution is 2.56. The summed E-state index contributed by atoms with van der Waals surface area (Å²) in [4.78, 5) is 2.39. The number of allylic oxidation sites excluding steroid dienone is 1. The third-order valence-corrected chi connectivity index (χ3v) is 13.1. The van der Waals surface area contributed by atoms with Gasteiger partial charge in [-0.3, -0.25) is 0 Å². The molecule has 0 N–H and O–H groups in total. The van der Waals surface area contributed by atoms with Crippen molar-refractivity contribution in [1.82, 2.24) is 0 Å². The normalized spacial score (nSPS) is 14.7. The van der Waals surface area contributed by atoms with Crippen molar-refractivity contribution in [3.05, 3.63) is 264 Å². The van der Waals surface area contributed by atoms with Crippen LogP contribution in [0.25, 0.3) is 50.1 Å². The molecule has 288 valence electrons. The van der Waals surface area contributed by atoms with Crippen LogP contribution in [0.2, 0.25) is 0 Å². The number of rotatable bonds is 7. The Hall–Kier alpha value is -7.68. The summed E-state index contributed by atoms with van der Waals surface area (Å²) < 4.78 is 6.52. The van der Waals surface area contributed by atoms with Gasteiger partial charge in [-0.1, -0.05) is 188 Å². The first kappa shape index (κ1) is 35.3. The van der Waals surface area contributed by atoms with Crippen molar-refractivity contribution in [3.63, 3.8) is 0 Å². The van der Waals surface area contributed by atoms with Gasteiger partial charge in [0.1, 0.15) is 11.3 Å². The number of para-hydroxylation sites is 1. The van der Waals surface area contributed by atoms with E-state index in [-0.39, 0.29) is 5.92 Å². The molecule has 9 aromatic carbocycles. The standard InChI is InChI=1S/C59H41NO/c1-2-16-43(17-3-1)59(55-25-9-6-19-51(55)52-20-7-10-26-56(52)59)44-32-38-47(39-33-44)60(45-34-28-41(29-35-45)49-22-12-15-40-14-4-5-18-48(40)49)46-36-30-42(31-37-46)50-23-13-24-54-53-21-8-11-27-57(53)61-58(50)54/h1-22,24-39,50H,23H2. The summed E-state index contributed by atoms with van der Waals surface area (Å²) in [5.41, 5.74) is 16.4. The summed E-state index contributed by atoms with van der Waals surface area (Å²) in [6.07, 6.45) is 5.42. The Labute approximate surface area is 356 Å². The van der Waals surface area contributed by atoms with E-state index in [0.29, 0.717) is 0 Å². The van der Waals surface area contributed by atoms with Crippen LogP contribution in [0.1, 0.15) is 51.5 Å². The van der Waals surface area contributed by atoms with E-state index in [1.54, 1.807) is 0 Å². The Morgan fingerprint density at radius 3 is 1.70 bits per heavy atom. The number of furan rings is 1. The monoisotopic (exact) mass is 779 g/mol. The van der Waals surface area contributed by atoms with Crippen molar-refractivity contribution in [2.45, 2.75) is 17.8 Å². The fourth-order valence-electron chi connectivity index (χ4n) is 10.4. The van der Waals surface area contributed by atoms with Crippen LogP contribution in [0, 0.1) is 0 Å². The third kappa shape index (κ3) is 5.56. The number of benzene rings is 9. The molecule has 2 aliphatic carbocycles. The topological polar surface area (TPSA) is 16.4 Å². The molecular weight excluding hydrogens is 739 g/mol. The fraction of sp³-hybridized carbons (Fsp3) is 0.0508. The number of hydrogen-bond acceptors (Lipinski definition) is 2. The first-order chi connectivity index (χ1) is 30.3. The number of anilines is 3. The molecule has 0 fully saturated rings. The SMILES string of the molecule is C1=Cc2c(oc3ccccc23)C(c2ccc(N(c3ccc(-c4cccc5ccccc45)cc3)c3ccc(C4(c5ccccc5)c5ccccc5-c5ccccc54)cc3)cc2)C1. The smallest absolute Gasteiger partial charge is 0.134 e. The van der Waals surface area contributed by atoms with E-state index in [4.69, 9.17) is 4.42 Å². The minimum absolute atomic E-state index is 0.153. The zero-order valence-electron chi connectivity index (χ0n) is 33.6. The summed E-state index contributed by atoms with van der Waals surface area (Å²) in [5.74, 6) is 1.20. The van der Waals surface area contributed by atoms with Gasteiger partial charge < -0.3 is 9.32 Å². The van der Waals surface area contributed by atoms with E-state index in [9.17, 15) is 0 Å². The highest BCUT2D eigenvalue weighted by atomic mass is 16.3. The summed E-state index contributed by atoms with van der Waals surface area (Å²) in [7, 11) is 0. The maximum atomic E-state index is 6.52. The Bertz CT molecular complexity index is 3210. The van der Waals surface area contributed by atoms with Gasteiger partial charge in [0, 0.05) is 33.9 Å². The molecular formula is C59H41NO. The second kappa shape index (κ2) is 14.3. The molecule has 0 bridgehead atoms. The van der Waals surface area contributed by atoms with Crippen molar-refractivity contribution < 1.29 is 4.42 Å². The molecule has 2 nitrogen and oxygen atoms in total. The number of nitrogens with zero attached hydrogens (tertiary/aromatic N) is 1. The van der Waals surface area contributed by atoms with Gasteiger partial charge in [-0.25, -0.2) is 0 Å². The van der Waals surface area contributed by atoms with E-state index in [2.05, 4.69) is 229 Å². The van der Waals surface area contributed by atoms with Crippen LogP contribution < -0.4 is 4.90 Å². The molecule has 0 saturated carbocycles. The summed E-state index contributed by atoms with van der Waals surface area (Å²) >= 11 is 0. The molecule has 1 aromatic heterocycles. The zero-order chi connectivity index (χ0) is 40.3. The zero-order valence-corrected chi connectivity index (χ0v) is 33.6. The van der Waals surface area contributed by atoms with Crippen LogP contribution in [0.5, 0.6) is 0 Å². The Kier molecular flexibility index (Phi) is 8.24. The highest BCUT2D eigenvalue weighted by molar-refractivity contribution is 5.97. The predicted octanol–water partition coefficient (Wildman–Crippen LogP) is 15.6. The van der Waals surface area contributed by atoms with Crippen LogP contribution in [0.3, 0.4) is 0 Å². The Morgan fingerprint density at radius 1 is 0.443 bits per heavy atom. The molecule has 2 aliphatic rings. The van der Waals surface area contributed by atoms with Crippen molar-refractivity contribution >= 4 is 44.9 Å². The first-order valence-corrected chi connectivity index (χ1v) is 21.3. The summed E-state index contributed by atoms with van der Waals surface area (Å²) in [6.45, 7) is 0. The molecule has 0 radical (unpaired) electrons. The summed E-state index contributed by atoms with van der Waals surface area (Å²) in [5, 5.41) is 3.68.